The monoisotopic (exact) mass is 307 g/mol. The third-order valence-electron chi connectivity index (χ3n) is 4.32. The molecule has 0 radical (unpaired) electrons. The molecule has 0 atom stereocenters. The summed E-state index contributed by atoms with van der Waals surface area (Å²) in [6.07, 6.45) is 3.86. The number of rotatable bonds is 2. The summed E-state index contributed by atoms with van der Waals surface area (Å²) in [6, 6.07) is 2.46. The Morgan fingerprint density at radius 3 is 2.55 bits per heavy atom. The fraction of sp³-hybridized carbons (Fsp3) is 0.500. The van der Waals surface area contributed by atoms with E-state index in [9.17, 15) is 13.2 Å². The first-order valence-electron chi connectivity index (χ1n) is 7.70. The third kappa shape index (κ3) is 2.30. The van der Waals surface area contributed by atoms with Crippen molar-refractivity contribution in [1.82, 2.24) is 14.5 Å². The Bertz CT molecular complexity index is 754. The standard InChI is InChI=1S/C16H16F3N3/c17-16(18,19)13-9-8-12-15(21-13)22(11-4-2-1-3-5-11)14(20-12)10-6-7-10/h4,8-10H,1-3,5-7H2. The fourth-order valence-electron chi connectivity index (χ4n) is 3.06. The Morgan fingerprint density at radius 1 is 1.09 bits per heavy atom. The summed E-state index contributed by atoms with van der Waals surface area (Å²) in [5.41, 5.74) is 1.12. The zero-order valence-corrected chi connectivity index (χ0v) is 12.0. The quantitative estimate of drug-likeness (QED) is 0.802. The van der Waals surface area contributed by atoms with Crippen molar-refractivity contribution in [2.24, 2.45) is 0 Å². The molecule has 22 heavy (non-hydrogen) atoms. The van der Waals surface area contributed by atoms with Crippen LogP contribution < -0.4 is 0 Å². The Morgan fingerprint density at radius 2 is 1.91 bits per heavy atom. The molecule has 1 saturated carbocycles. The van der Waals surface area contributed by atoms with Crippen molar-refractivity contribution in [2.45, 2.75) is 50.6 Å². The van der Waals surface area contributed by atoms with Crippen LogP contribution in [-0.4, -0.2) is 14.5 Å². The van der Waals surface area contributed by atoms with Gasteiger partial charge in [0.15, 0.2) is 5.65 Å². The molecule has 2 aromatic heterocycles. The van der Waals surface area contributed by atoms with E-state index < -0.39 is 11.9 Å². The number of nitrogens with zero attached hydrogens (tertiary/aromatic N) is 3. The van der Waals surface area contributed by atoms with Gasteiger partial charge >= 0.3 is 6.18 Å². The summed E-state index contributed by atoms with van der Waals surface area (Å²) in [5, 5.41) is 0. The summed E-state index contributed by atoms with van der Waals surface area (Å²) in [4.78, 5) is 8.45. The molecule has 0 amide bonds. The molecular weight excluding hydrogens is 291 g/mol. The molecule has 0 bridgehead atoms. The number of hydrogen-bond acceptors (Lipinski definition) is 2. The van der Waals surface area contributed by atoms with Crippen LogP contribution in [0.5, 0.6) is 0 Å². The van der Waals surface area contributed by atoms with E-state index in [1.807, 2.05) is 4.57 Å². The van der Waals surface area contributed by atoms with E-state index in [-0.39, 0.29) is 0 Å². The van der Waals surface area contributed by atoms with Crippen LogP contribution in [0.1, 0.15) is 56.0 Å². The number of alkyl halides is 3. The first kappa shape index (κ1) is 13.8. The molecule has 0 saturated heterocycles. The van der Waals surface area contributed by atoms with E-state index >= 15 is 0 Å². The predicted molar refractivity (Wildman–Crippen MR) is 77.2 cm³/mol. The van der Waals surface area contributed by atoms with Crippen molar-refractivity contribution in [3.63, 3.8) is 0 Å². The molecule has 0 N–H and O–H groups in total. The highest BCUT2D eigenvalue weighted by atomic mass is 19.4. The average Bonchev–Trinajstić information content (AvgIpc) is 3.27. The largest absolute Gasteiger partial charge is 0.433 e. The average molecular weight is 307 g/mol. The molecule has 0 aliphatic heterocycles. The Kier molecular flexibility index (Phi) is 3.03. The minimum atomic E-state index is -4.43. The van der Waals surface area contributed by atoms with E-state index in [1.54, 1.807) is 0 Å². The lowest BCUT2D eigenvalue weighted by atomic mass is 10.0. The molecule has 116 valence electrons. The van der Waals surface area contributed by atoms with Crippen LogP contribution >= 0.6 is 0 Å². The number of imidazole rings is 1. The van der Waals surface area contributed by atoms with Crippen molar-refractivity contribution in [3.05, 3.63) is 29.7 Å². The lowest BCUT2D eigenvalue weighted by Gasteiger charge is -2.17. The van der Waals surface area contributed by atoms with E-state index in [1.165, 1.54) is 6.07 Å². The molecular formula is C16H16F3N3. The van der Waals surface area contributed by atoms with Crippen LogP contribution in [-0.2, 0) is 6.18 Å². The second-order valence-electron chi connectivity index (χ2n) is 6.06. The predicted octanol–water partition coefficient (Wildman–Crippen LogP) is 4.74. The number of aromatic nitrogens is 3. The molecule has 4 rings (SSSR count). The van der Waals surface area contributed by atoms with Gasteiger partial charge in [0.2, 0.25) is 0 Å². The van der Waals surface area contributed by atoms with E-state index in [0.717, 1.165) is 56.1 Å². The zero-order chi connectivity index (χ0) is 15.3. The maximum Gasteiger partial charge on any atom is 0.433 e. The smallest absolute Gasteiger partial charge is 0.285 e. The highest BCUT2D eigenvalue weighted by molar-refractivity contribution is 5.77. The van der Waals surface area contributed by atoms with Crippen molar-refractivity contribution < 1.29 is 13.2 Å². The molecule has 0 aromatic carbocycles. The van der Waals surface area contributed by atoms with Crippen molar-refractivity contribution >= 4 is 16.9 Å². The van der Waals surface area contributed by atoms with Crippen LogP contribution in [0.15, 0.2) is 18.2 Å². The lowest BCUT2D eigenvalue weighted by Crippen LogP contribution is -2.10. The minimum Gasteiger partial charge on any atom is -0.285 e. The molecule has 0 unspecified atom stereocenters. The lowest BCUT2D eigenvalue weighted by molar-refractivity contribution is -0.141. The van der Waals surface area contributed by atoms with Crippen LogP contribution in [0, 0.1) is 0 Å². The van der Waals surface area contributed by atoms with E-state index in [2.05, 4.69) is 16.0 Å². The van der Waals surface area contributed by atoms with Crippen molar-refractivity contribution in [2.75, 3.05) is 0 Å². The highest BCUT2D eigenvalue weighted by Crippen LogP contribution is 2.42. The SMILES string of the molecule is FC(F)(F)c1ccc2nc(C3CC3)n(C3=CCCCC3)c2n1. The molecule has 6 heteroatoms. The maximum absolute atomic E-state index is 13.0. The summed E-state index contributed by atoms with van der Waals surface area (Å²) in [5.74, 6) is 1.25. The van der Waals surface area contributed by atoms with Crippen LogP contribution in [0.4, 0.5) is 13.2 Å². The summed E-state index contributed by atoms with van der Waals surface area (Å²) < 4.78 is 40.8. The molecule has 1 fully saturated rings. The minimum absolute atomic E-state index is 0.352. The fourth-order valence-corrected chi connectivity index (χ4v) is 3.06. The highest BCUT2D eigenvalue weighted by Gasteiger charge is 2.35. The van der Waals surface area contributed by atoms with Gasteiger partial charge in [0.25, 0.3) is 0 Å². The van der Waals surface area contributed by atoms with Crippen LogP contribution in [0.3, 0.4) is 0 Å². The van der Waals surface area contributed by atoms with Gasteiger partial charge in [-0.25, -0.2) is 9.97 Å². The number of pyridine rings is 1. The molecule has 3 nitrogen and oxygen atoms in total. The number of allylic oxidation sites excluding steroid dienone is 2. The van der Waals surface area contributed by atoms with Crippen LogP contribution in [0.2, 0.25) is 0 Å². The first-order chi connectivity index (χ1) is 10.5. The Hall–Kier alpha value is -1.85. The maximum atomic E-state index is 13.0. The number of halogens is 3. The molecule has 2 heterocycles. The molecule has 0 spiro atoms. The second-order valence-corrected chi connectivity index (χ2v) is 6.06. The Balaban J connectivity index is 1.93. The molecule has 2 aliphatic rings. The topological polar surface area (TPSA) is 30.7 Å². The Labute approximate surface area is 125 Å². The second kappa shape index (κ2) is 4.83. The van der Waals surface area contributed by atoms with Crippen molar-refractivity contribution in [3.8, 4) is 0 Å². The summed E-state index contributed by atoms with van der Waals surface area (Å²) in [6.45, 7) is 0. The molecule has 2 aliphatic carbocycles. The van der Waals surface area contributed by atoms with Gasteiger partial charge in [-0.1, -0.05) is 6.08 Å². The van der Waals surface area contributed by atoms with E-state index in [0.29, 0.717) is 17.1 Å². The van der Waals surface area contributed by atoms with Crippen molar-refractivity contribution in [1.29, 1.82) is 0 Å². The number of fused-ring (bicyclic) bond motifs is 1. The summed E-state index contributed by atoms with van der Waals surface area (Å²) in [7, 11) is 0. The number of hydrogen-bond donors (Lipinski definition) is 0. The first-order valence-corrected chi connectivity index (χ1v) is 7.70. The van der Waals surface area contributed by atoms with Gasteiger partial charge in [0.1, 0.15) is 17.0 Å². The van der Waals surface area contributed by atoms with Gasteiger partial charge in [0, 0.05) is 11.6 Å². The van der Waals surface area contributed by atoms with Gasteiger partial charge in [-0.05, 0) is 50.7 Å². The van der Waals surface area contributed by atoms with E-state index in [4.69, 9.17) is 0 Å². The normalized spacial score (nSPS) is 19.5. The third-order valence-corrected chi connectivity index (χ3v) is 4.32. The van der Waals surface area contributed by atoms with Gasteiger partial charge < -0.3 is 0 Å². The summed E-state index contributed by atoms with van der Waals surface area (Å²) >= 11 is 0. The zero-order valence-electron chi connectivity index (χ0n) is 12.0. The van der Waals surface area contributed by atoms with Crippen LogP contribution in [0.25, 0.3) is 16.9 Å². The van der Waals surface area contributed by atoms with Gasteiger partial charge in [-0.3, -0.25) is 4.57 Å². The van der Waals surface area contributed by atoms with Gasteiger partial charge in [-0.15, -0.1) is 0 Å². The molecule has 2 aromatic rings. The van der Waals surface area contributed by atoms with Gasteiger partial charge in [-0.2, -0.15) is 13.2 Å². The van der Waals surface area contributed by atoms with Gasteiger partial charge in [0.05, 0.1) is 0 Å².